The lowest BCUT2D eigenvalue weighted by molar-refractivity contribution is -0.121. The fourth-order valence-electron chi connectivity index (χ4n) is 1.46. The second-order valence-electron chi connectivity index (χ2n) is 3.97. The summed E-state index contributed by atoms with van der Waals surface area (Å²) >= 11 is 0. The summed E-state index contributed by atoms with van der Waals surface area (Å²) in [5, 5.41) is 12.9. The Morgan fingerprint density at radius 3 is 2.80 bits per heavy atom. The SMILES string of the molecule is CC(C)c1n[nH]c(C2CNC(=O)CN2)n1. The summed E-state index contributed by atoms with van der Waals surface area (Å²) in [6.07, 6.45) is 0. The van der Waals surface area contributed by atoms with Gasteiger partial charge in [-0.25, -0.2) is 4.98 Å². The summed E-state index contributed by atoms with van der Waals surface area (Å²) in [7, 11) is 0. The molecule has 2 rings (SSSR count). The summed E-state index contributed by atoms with van der Waals surface area (Å²) in [5.41, 5.74) is 0. The van der Waals surface area contributed by atoms with Crippen LogP contribution in [0.1, 0.15) is 37.5 Å². The van der Waals surface area contributed by atoms with Crippen LogP contribution >= 0.6 is 0 Å². The normalized spacial score (nSPS) is 21.8. The average Bonchev–Trinajstić information content (AvgIpc) is 2.68. The number of nitrogens with zero attached hydrogens (tertiary/aromatic N) is 2. The second-order valence-corrected chi connectivity index (χ2v) is 3.97. The van der Waals surface area contributed by atoms with Gasteiger partial charge in [0.15, 0.2) is 5.82 Å². The van der Waals surface area contributed by atoms with Gasteiger partial charge in [0.25, 0.3) is 0 Å². The maximum atomic E-state index is 10.9. The van der Waals surface area contributed by atoms with E-state index in [0.29, 0.717) is 19.0 Å². The predicted molar refractivity (Wildman–Crippen MR) is 54.2 cm³/mol. The minimum atomic E-state index is 0.0230. The molecule has 1 saturated heterocycles. The van der Waals surface area contributed by atoms with Gasteiger partial charge >= 0.3 is 0 Å². The van der Waals surface area contributed by atoms with Crippen molar-refractivity contribution in [2.75, 3.05) is 13.1 Å². The van der Waals surface area contributed by atoms with Crippen LogP contribution in [0.15, 0.2) is 0 Å². The van der Waals surface area contributed by atoms with E-state index in [4.69, 9.17) is 0 Å². The Labute approximate surface area is 87.9 Å². The number of rotatable bonds is 2. The molecule has 1 aromatic rings. The highest BCUT2D eigenvalue weighted by molar-refractivity contribution is 5.78. The minimum absolute atomic E-state index is 0.0230. The van der Waals surface area contributed by atoms with E-state index in [1.165, 1.54) is 0 Å². The zero-order valence-corrected chi connectivity index (χ0v) is 8.87. The molecule has 0 saturated carbocycles. The van der Waals surface area contributed by atoms with E-state index < -0.39 is 0 Å². The maximum Gasteiger partial charge on any atom is 0.234 e. The summed E-state index contributed by atoms with van der Waals surface area (Å²) in [6, 6.07) is 0.0442. The van der Waals surface area contributed by atoms with E-state index in [1.54, 1.807) is 0 Å². The van der Waals surface area contributed by atoms with E-state index in [0.717, 1.165) is 11.6 Å². The third-order valence-electron chi connectivity index (χ3n) is 2.38. The molecular formula is C9H15N5O. The molecule has 1 amide bonds. The van der Waals surface area contributed by atoms with Gasteiger partial charge in [0.2, 0.25) is 5.91 Å². The Morgan fingerprint density at radius 2 is 2.27 bits per heavy atom. The highest BCUT2D eigenvalue weighted by atomic mass is 16.2. The van der Waals surface area contributed by atoms with Crippen LogP contribution < -0.4 is 10.6 Å². The summed E-state index contributed by atoms with van der Waals surface area (Å²) in [5.74, 6) is 1.94. The van der Waals surface area contributed by atoms with Crippen LogP contribution in [0.3, 0.4) is 0 Å². The lowest BCUT2D eigenvalue weighted by atomic mass is 10.2. The first-order chi connectivity index (χ1) is 7.16. The van der Waals surface area contributed by atoms with Crippen molar-refractivity contribution >= 4 is 5.91 Å². The molecule has 1 aromatic heterocycles. The van der Waals surface area contributed by atoms with Crippen molar-refractivity contribution in [1.82, 2.24) is 25.8 Å². The van der Waals surface area contributed by atoms with E-state index in [9.17, 15) is 4.79 Å². The molecule has 0 radical (unpaired) electrons. The van der Waals surface area contributed by atoms with Gasteiger partial charge < -0.3 is 5.32 Å². The van der Waals surface area contributed by atoms with Gasteiger partial charge in [0, 0.05) is 12.5 Å². The standard InChI is InChI=1S/C9H15N5O/c1-5(2)8-12-9(14-13-8)6-3-11-7(15)4-10-6/h5-6,10H,3-4H2,1-2H3,(H,11,15)(H,12,13,14). The monoisotopic (exact) mass is 209 g/mol. The molecule has 0 spiro atoms. The van der Waals surface area contributed by atoms with Gasteiger partial charge in [-0.3, -0.25) is 15.2 Å². The first-order valence-electron chi connectivity index (χ1n) is 5.09. The molecule has 2 heterocycles. The highest BCUT2D eigenvalue weighted by Crippen LogP contribution is 2.13. The molecule has 1 atom stereocenters. The Bertz CT molecular complexity index is 349. The number of amides is 1. The van der Waals surface area contributed by atoms with Gasteiger partial charge in [-0.15, -0.1) is 0 Å². The van der Waals surface area contributed by atoms with Crippen molar-refractivity contribution in [3.8, 4) is 0 Å². The van der Waals surface area contributed by atoms with E-state index >= 15 is 0 Å². The van der Waals surface area contributed by atoms with E-state index in [1.807, 2.05) is 13.8 Å². The van der Waals surface area contributed by atoms with Gasteiger partial charge in [-0.1, -0.05) is 13.8 Å². The Kier molecular flexibility index (Phi) is 2.68. The second kappa shape index (κ2) is 3.98. The quantitative estimate of drug-likeness (QED) is 0.624. The zero-order valence-electron chi connectivity index (χ0n) is 8.87. The first kappa shape index (κ1) is 10.1. The number of hydrogen-bond donors (Lipinski definition) is 3. The maximum absolute atomic E-state index is 10.9. The van der Waals surface area contributed by atoms with Crippen molar-refractivity contribution in [3.05, 3.63) is 11.6 Å². The van der Waals surface area contributed by atoms with Crippen molar-refractivity contribution in [1.29, 1.82) is 0 Å². The lowest BCUT2D eigenvalue weighted by Crippen LogP contribution is -2.47. The van der Waals surface area contributed by atoms with Gasteiger partial charge in [0.1, 0.15) is 5.82 Å². The van der Waals surface area contributed by atoms with Crippen molar-refractivity contribution in [2.45, 2.75) is 25.8 Å². The molecule has 1 unspecified atom stereocenters. The number of nitrogens with one attached hydrogen (secondary N) is 3. The van der Waals surface area contributed by atoms with Crippen LogP contribution in [0.4, 0.5) is 0 Å². The van der Waals surface area contributed by atoms with Crippen molar-refractivity contribution in [2.24, 2.45) is 0 Å². The number of aromatic nitrogens is 3. The topological polar surface area (TPSA) is 82.7 Å². The molecule has 82 valence electrons. The molecule has 15 heavy (non-hydrogen) atoms. The highest BCUT2D eigenvalue weighted by Gasteiger charge is 2.22. The van der Waals surface area contributed by atoms with Gasteiger partial charge in [-0.05, 0) is 0 Å². The molecule has 3 N–H and O–H groups in total. The number of piperazine rings is 1. The Balaban J connectivity index is 2.06. The Morgan fingerprint density at radius 1 is 1.47 bits per heavy atom. The fourth-order valence-corrected chi connectivity index (χ4v) is 1.46. The van der Waals surface area contributed by atoms with Crippen LogP contribution in [0.25, 0.3) is 0 Å². The Hall–Kier alpha value is -1.43. The smallest absolute Gasteiger partial charge is 0.234 e. The molecular weight excluding hydrogens is 194 g/mol. The number of carbonyl (C=O) groups excluding carboxylic acids is 1. The van der Waals surface area contributed by atoms with Gasteiger partial charge in [0.05, 0.1) is 12.6 Å². The fraction of sp³-hybridized carbons (Fsp3) is 0.667. The summed E-state index contributed by atoms with van der Waals surface area (Å²) in [4.78, 5) is 15.3. The molecule has 1 fully saturated rings. The van der Waals surface area contributed by atoms with Crippen LogP contribution in [0.5, 0.6) is 0 Å². The van der Waals surface area contributed by atoms with Crippen molar-refractivity contribution < 1.29 is 4.79 Å². The van der Waals surface area contributed by atoms with Crippen molar-refractivity contribution in [3.63, 3.8) is 0 Å². The molecule has 0 aliphatic carbocycles. The molecule has 0 aromatic carbocycles. The number of aromatic amines is 1. The molecule has 6 heteroatoms. The van der Waals surface area contributed by atoms with Crippen LogP contribution in [-0.2, 0) is 4.79 Å². The number of H-pyrrole nitrogens is 1. The zero-order chi connectivity index (χ0) is 10.8. The van der Waals surface area contributed by atoms with Crippen LogP contribution in [-0.4, -0.2) is 34.2 Å². The lowest BCUT2D eigenvalue weighted by Gasteiger charge is -2.21. The van der Waals surface area contributed by atoms with Crippen LogP contribution in [0.2, 0.25) is 0 Å². The number of carbonyl (C=O) groups is 1. The summed E-state index contributed by atoms with van der Waals surface area (Å²) < 4.78 is 0. The van der Waals surface area contributed by atoms with Gasteiger partial charge in [-0.2, -0.15) is 5.10 Å². The predicted octanol–water partition coefficient (Wildman–Crippen LogP) is -0.311. The largest absolute Gasteiger partial charge is 0.353 e. The summed E-state index contributed by atoms with van der Waals surface area (Å²) in [6.45, 7) is 4.99. The molecule has 0 bridgehead atoms. The van der Waals surface area contributed by atoms with Crippen LogP contribution in [0, 0.1) is 0 Å². The third kappa shape index (κ3) is 2.15. The minimum Gasteiger partial charge on any atom is -0.353 e. The third-order valence-corrected chi connectivity index (χ3v) is 2.38. The average molecular weight is 209 g/mol. The van der Waals surface area contributed by atoms with E-state index in [2.05, 4.69) is 25.8 Å². The first-order valence-corrected chi connectivity index (χ1v) is 5.09. The molecule has 1 aliphatic rings. The molecule has 1 aliphatic heterocycles. The van der Waals surface area contributed by atoms with E-state index in [-0.39, 0.29) is 11.9 Å². The molecule has 6 nitrogen and oxygen atoms in total. The number of hydrogen-bond acceptors (Lipinski definition) is 4.